The van der Waals surface area contributed by atoms with Gasteiger partial charge in [-0.1, -0.05) is 42.1 Å². The second-order valence-corrected chi connectivity index (χ2v) is 9.80. The number of thioether (sulfide) groups is 1. The van der Waals surface area contributed by atoms with Crippen LogP contribution in [0.3, 0.4) is 0 Å². The molecule has 3 aromatic rings. The van der Waals surface area contributed by atoms with E-state index in [1.807, 2.05) is 13.0 Å². The Kier molecular flexibility index (Phi) is 6.95. The highest BCUT2D eigenvalue weighted by molar-refractivity contribution is 7.99. The van der Waals surface area contributed by atoms with Gasteiger partial charge in [0.15, 0.2) is 5.16 Å². The zero-order valence-corrected chi connectivity index (χ0v) is 20.0. The van der Waals surface area contributed by atoms with E-state index in [4.69, 9.17) is 4.74 Å². The molecule has 1 saturated carbocycles. The lowest BCUT2D eigenvalue weighted by atomic mass is 10.1. The van der Waals surface area contributed by atoms with Gasteiger partial charge in [0.25, 0.3) is 0 Å². The van der Waals surface area contributed by atoms with Crippen LogP contribution in [-0.4, -0.2) is 39.0 Å². The summed E-state index contributed by atoms with van der Waals surface area (Å²) in [5.74, 6) is 1.41. The number of aryl methyl sites for hydroxylation is 1. The molecule has 168 valence electrons. The third kappa shape index (κ3) is 4.88. The van der Waals surface area contributed by atoms with Gasteiger partial charge in [0.2, 0.25) is 5.91 Å². The number of rotatable bonds is 9. The predicted molar refractivity (Wildman–Crippen MR) is 127 cm³/mol. The van der Waals surface area contributed by atoms with E-state index in [1.54, 1.807) is 13.0 Å². The summed E-state index contributed by atoms with van der Waals surface area (Å²) in [5, 5.41) is 12.9. The summed E-state index contributed by atoms with van der Waals surface area (Å²) in [6, 6.07) is 12.2. The molecule has 4 rings (SSSR count). The van der Waals surface area contributed by atoms with Crippen molar-refractivity contribution >= 4 is 40.0 Å². The van der Waals surface area contributed by atoms with Crippen LogP contribution in [0.5, 0.6) is 0 Å². The molecule has 0 radical (unpaired) electrons. The maximum absolute atomic E-state index is 12.6. The second kappa shape index (κ2) is 9.87. The Balaban J connectivity index is 1.39. The molecule has 1 aliphatic carbocycles. The Labute approximate surface area is 195 Å². The molecule has 2 aromatic heterocycles. The van der Waals surface area contributed by atoms with E-state index < -0.39 is 5.97 Å². The zero-order chi connectivity index (χ0) is 22.7. The molecule has 0 bridgehead atoms. The SMILES string of the molecule is CCOC(=O)c1cc(C)sc1NC(=O)CSc1nnc(C2CC2c2ccccc2)n1CC. The first-order valence-corrected chi connectivity index (χ1v) is 12.5. The van der Waals surface area contributed by atoms with Crippen molar-refractivity contribution in [2.45, 2.75) is 50.7 Å². The molecule has 2 heterocycles. The van der Waals surface area contributed by atoms with Gasteiger partial charge in [-0.2, -0.15) is 0 Å². The molecule has 0 saturated heterocycles. The summed E-state index contributed by atoms with van der Waals surface area (Å²) in [7, 11) is 0. The first-order valence-electron chi connectivity index (χ1n) is 10.7. The molecule has 2 atom stereocenters. The number of hydrogen-bond donors (Lipinski definition) is 1. The highest BCUT2D eigenvalue weighted by atomic mass is 32.2. The largest absolute Gasteiger partial charge is 0.462 e. The summed E-state index contributed by atoms with van der Waals surface area (Å²) >= 11 is 2.72. The van der Waals surface area contributed by atoms with E-state index >= 15 is 0 Å². The smallest absolute Gasteiger partial charge is 0.341 e. The zero-order valence-electron chi connectivity index (χ0n) is 18.3. The lowest BCUT2D eigenvalue weighted by Crippen LogP contribution is -2.16. The molecular weight excluding hydrogens is 444 g/mol. The fourth-order valence-electron chi connectivity index (χ4n) is 3.79. The van der Waals surface area contributed by atoms with E-state index in [2.05, 4.69) is 51.3 Å². The van der Waals surface area contributed by atoms with Crippen molar-refractivity contribution in [1.29, 1.82) is 0 Å². The summed E-state index contributed by atoms with van der Waals surface area (Å²) < 4.78 is 7.19. The van der Waals surface area contributed by atoms with Crippen LogP contribution < -0.4 is 5.32 Å². The summed E-state index contributed by atoms with van der Waals surface area (Å²) in [6.07, 6.45) is 1.07. The summed E-state index contributed by atoms with van der Waals surface area (Å²) in [6.45, 7) is 6.76. The molecule has 1 N–H and O–H groups in total. The van der Waals surface area contributed by atoms with Gasteiger partial charge in [-0.3, -0.25) is 4.79 Å². The molecule has 1 amide bonds. The minimum absolute atomic E-state index is 0.185. The van der Waals surface area contributed by atoms with E-state index in [9.17, 15) is 9.59 Å². The number of carbonyl (C=O) groups excluding carboxylic acids is 2. The van der Waals surface area contributed by atoms with Gasteiger partial charge in [0.05, 0.1) is 17.9 Å². The highest BCUT2D eigenvalue weighted by Gasteiger charge is 2.43. The number of aromatic nitrogens is 3. The number of hydrogen-bond acceptors (Lipinski definition) is 7. The molecule has 32 heavy (non-hydrogen) atoms. The van der Waals surface area contributed by atoms with Crippen LogP contribution in [0.2, 0.25) is 0 Å². The molecule has 7 nitrogen and oxygen atoms in total. The molecule has 1 fully saturated rings. The molecule has 1 aliphatic rings. The van der Waals surface area contributed by atoms with Gasteiger partial charge < -0.3 is 14.6 Å². The van der Waals surface area contributed by atoms with E-state index in [1.165, 1.54) is 28.7 Å². The van der Waals surface area contributed by atoms with Crippen LogP contribution >= 0.6 is 23.1 Å². The summed E-state index contributed by atoms with van der Waals surface area (Å²) in [5.41, 5.74) is 1.73. The van der Waals surface area contributed by atoms with Crippen molar-refractivity contribution < 1.29 is 14.3 Å². The number of amides is 1. The Bertz CT molecular complexity index is 1110. The lowest BCUT2D eigenvalue weighted by molar-refractivity contribution is -0.113. The molecule has 2 unspecified atom stereocenters. The monoisotopic (exact) mass is 470 g/mol. The van der Waals surface area contributed by atoms with E-state index in [0.29, 0.717) is 22.4 Å². The van der Waals surface area contributed by atoms with Gasteiger partial charge in [-0.05, 0) is 44.7 Å². The average Bonchev–Trinajstić information content (AvgIpc) is 3.34. The van der Waals surface area contributed by atoms with Crippen LogP contribution in [0.15, 0.2) is 41.6 Å². The van der Waals surface area contributed by atoms with Crippen molar-refractivity contribution in [1.82, 2.24) is 14.8 Å². The fraction of sp³-hybridized carbons (Fsp3) is 0.391. The number of benzene rings is 1. The third-order valence-electron chi connectivity index (χ3n) is 5.35. The topological polar surface area (TPSA) is 86.1 Å². The molecular formula is C23H26N4O3S2. The van der Waals surface area contributed by atoms with Crippen LogP contribution in [0.1, 0.15) is 58.7 Å². The average molecular weight is 471 g/mol. The van der Waals surface area contributed by atoms with E-state index in [0.717, 1.165) is 28.8 Å². The number of carbonyl (C=O) groups is 2. The van der Waals surface area contributed by atoms with E-state index in [-0.39, 0.29) is 18.3 Å². The molecule has 0 spiro atoms. The maximum atomic E-state index is 12.6. The molecule has 1 aromatic carbocycles. The molecule has 0 aliphatic heterocycles. The third-order valence-corrected chi connectivity index (χ3v) is 7.28. The van der Waals surface area contributed by atoms with Crippen molar-refractivity contribution in [2.24, 2.45) is 0 Å². The first-order chi connectivity index (χ1) is 15.5. The van der Waals surface area contributed by atoms with Crippen LogP contribution in [0.4, 0.5) is 5.00 Å². The highest BCUT2D eigenvalue weighted by Crippen LogP contribution is 2.54. The number of ether oxygens (including phenoxy) is 1. The van der Waals surface area contributed by atoms with Crippen LogP contribution in [0.25, 0.3) is 0 Å². The quantitative estimate of drug-likeness (QED) is 0.356. The van der Waals surface area contributed by atoms with Gasteiger partial charge in [0, 0.05) is 17.3 Å². The first kappa shape index (κ1) is 22.5. The maximum Gasteiger partial charge on any atom is 0.341 e. The minimum atomic E-state index is -0.424. The Morgan fingerprint density at radius 3 is 2.72 bits per heavy atom. The van der Waals surface area contributed by atoms with Gasteiger partial charge in [-0.25, -0.2) is 4.79 Å². The number of anilines is 1. The van der Waals surface area contributed by atoms with Crippen molar-refractivity contribution in [3.05, 3.63) is 58.2 Å². The second-order valence-electron chi connectivity index (χ2n) is 7.60. The van der Waals surface area contributed by atoms with Gasteiger partial charge in [0.1, 0.15) is 10.8 Å². The Morgan fingerprint density at radius 2 is 2.00 bits per heavy atom. The Hall–Kier alpha value is -2.65. The normalized spacial score (nSPS) is 17.2. The number of esters is 1. The Morgan fingerprint density at radius 1 is 1.22 bits per heavy atom. The fourth-order valence-corrected chi connectivity index (χ4v) is 5.51. The number of nitrogens with one attached hydrogen (secondary N) is 1. The number of nitrogens with zero attached hydrogens (tertiary/aromatic N) is 3. The molecule has 9 heteroatoms. The van der Waals surface area contributed by atoms with Crippen LogP contribution in [0, 0.1) is 6.92 Å². The van der Waals surface area contributed by atoms with Crippen LogP contribution in [-0.2, 0) is 16.1 Å². The van der Waals surface area contributed by atoms with Crippen molar-refractivity contribution in [3.63, 3.8) is 0 Å². The standard InChI is InChI=1S/C23H26N4O3S2/c1-4-27-20(17-12-16(17)15-9-7-6-8-10-15)25-26-23(27)31-13-19(28)24-21-18(11-14(3)32-21)22(29)30-5-2/h6-11,16-17H,4-5,12-13H2,1-3H3,(H,24,28). The predicted octanol–water partition coefficient (Wildman–Crippen LogP) is 4.85. The summed E-state index contributed by atoms with van der Waals surface area (Å²) in [4.78, 5) is 25.6. The van der Waals surface area contributed by atoms with Gasteiger partial charge in [-0.15, -0.1) is 21.5 Å². The van der Waals surface area contributed by atoms with Crippen molar-refractivity contribution in [3.8, 4) is 0 Å². The van der Waals surface area contributed by atoms with Gasteiger partial charge >= 0.3 is 5.97 Å². The minimum Gasteiger partial charge on any atom is -0.462 e. The lowest BCUT2D eigenvalue weighted by Gasteiger charge is -2.08. The van der Waals surface area contributed by atoms with Crippen molar-refractivity contribution in [2.75, 3.05) is 17.7 Å². The number of thiophene rings is 1.